The van der Waals surface area contributed by atoms with Gasteiger partial charge in [-0.1, -0.05) is 12.1 Å². The standard InChI is InChI=1S/C13H16F2N2O/c14-10-3-1-2-9(12(10)15)6-11(18)17-8-13(7-16)4-5-13/h1-3H,4-8,16H2,(H,17,18). The van der Waals surface area contributed by atoms with E-state index in [1.54, 1.807) is 0 Å². The van der Waals surface area contributed by atoms with E-state index < -0.39 is 11.6 Å². The lowest BCUT2D eigenvalue weighted by Crippen LogP contribution is -2.34. The Morgan fingerprint density at radius 2 is 2.11 bits per heavy atom. The number of hydrogen-bond donors (Lipinski definition) is 2. The minimum absolute atomic E-state index is 0.0378. The van der Waals surface area contributed by atoms with E-state index in [1.165, 1.54) is 12.1 Å². The van der Waals surface area contributed by atoms with Crippen molar-refractivity contribution >= 4 is 5.91 Å². The average Bonchev–Trinajstić information content (AvgIpc) is 3.13. The normalized spacial score (nSPS) is 16.4. The Kier molecular flexibility index (Phi) is 3.61. The minimum Gasteiger partial charge on any atom is -0.355 e. The molecule has 0 bridgehead atoms. The van der Waals surface area contributed by atoms with Gasteiger partial charge >= 0.3 is 0 Å². The Hall–Kier alpha value is -1.49. The van der Waals surface area contributed by atoms with Gasteiger partial charge in [0.15, 0.2) is 11.6 Å². The van der Waals surface area contributed by atoms with Crippen LogP contribution in [0.3, 0.4) is 0 Å². The number of carbonyl (C=O) groups is 1. The van der Waals surface area contributed by atoms with Gasteiger partial charge in [0.25, 0.3) is 0 Å². The molecule has 3 nitrogen and oxygen atoms in total. The lowest BCUT2D eigenvalue weighted by Gasteiger charge is -2.13. The van der Waals surface area contributed by atoms with Gasteiger partial charge < -0.3 is 11.1 Å². The van der Waals surface area contributed by atoms with Gasteiger partial charge in [-0.15, -0.1) is 0 Å². The smallest absolute Gasteiger partial charge is 0.224 e. The SMILES string of the molecule is NCC1(CNC(=O)Cc2cccc(F)c2F)CC1. The zero-order chi connectivity index (χ0) is 13.2. The highest BCUT2D eigenvalue weighted by Crippen LogP contribution is 2.43. The van der Waals surface area contributed by atoms with Crippen molar-refractivity contribution in [2.45, 2.75) is 19.3 Å². The van der Waals surface area contributed by atoms with Crippen LogP contribution in [0.25, 0.3) is 0 Å². The molecule has 0 spiro atoms. The predicted octanol–water partition coefficient (Wildman–Crippen LogP) is 1.36. The van der Waals surface area contributed by atoms with Gasteiger partial charge in [0, 0.05) is 12.1 Å². The van der Waals surface area contributed by atoms with E-state index in [-0.39, 0.29) is 23.3 Å². The van der Waals surface area contributed by atoms with Crippen LogP contribution in [0.4, 0.5) is 8.78 Å². The Morgan fingerprint density at radius 3 is 2.72 bits per heavy atom. The van der Waals surface area contributed by atoms with Crippen LogP contribution >= 0.6 is 0 Å². The molecule has 98 valence electrons. The van der Waals surface area contributed by atoms with E-state index in [9.17, 15) is 13.6 Å². The van der Waals surface area contributed by atoms with Crippen molar-refractivity contribution in [3.63, 3.8) is 0 Å². The summed E-state index contributed by atoms with van der Waals surface area (Å²) in [6.07, 6.45) is 1.88. The van der Waals surface area contributed by atoms with Crippen LogP contribution in [-0.2, 0) is 11.2 Å². The highest BCUT2D eigenvalue weighted by atomic mass is 19.2. The minimum atomic E-state index is -0.951. The molecule has 1 fully saturated rings. The number of benzene rings is 1. The molecule has 1 saturated carbocycles. The van der Waals surface area contributed by atoms with Crippen LogP contribution in [-0.4, -0.2) is 19.0 Å². The summed E-state index contributed by atoms with van der Waals surface area (Å²) in [5.41, 5.74) is 5.70. The second-order valence-corrected chi connectivity index (χ2v) is 4.87. The number of amides is 1. The molecule has 0 heterocycles. The molecule has 18 heavy (non-hydrogen) atoms. The van der Waals surface area contributed by atoms with E-state index in [0.29, 0.717) is 13.1 Å². The quantitative estimate of drug-likeness (QED) is 0.833. The number of rotatable bonds is 5. The predicted molar refractivity (Wildman–Crippen MR) is 63.8 cm³/mol. The van der Waals surface area contributed by atoms with Gasteiger partial charge in [0.05, 0.1) is 6.42 Å². The first-order valence-corrected chi connectivity index (χ1v) is 5.96. The zero-order valence-corrected chi connectivity index (χ0v) is 10.0. The summed E-state index contributed by atoms with van der Waals surface area (Å²) in [7, 11) is 0. The van der Waals surface area contributed by atoms with Gasteiger partial charge in [-0.3, -0.25) is 4.79 Å². The fraction of sp³-hybridized carbons (Fsp3) is 0.462. The summed E-state index contributed by atoms with van der Waals surface area (Å²) < 4.78 is 26.3. The van der Waals surface area contributed by atoms with Crippen LogP contribution in [0.5, 0.6) is 0 Å². The van der Waals surface area contributed by atoms with E-state index in [1.807, 2.05) is 0 Å². The van der Waals surface area contributed by atoms with Crippen LogP contribution in [0.1, 0.15) is 18.4 Å². The van der Waals surface area contributed by atoms with Gasteiger partial charge in [0.2, 0.25) is 5.91 Å². The molecule has 0 saturated heterocycles. The third-order valence-corrected chi connectivity index (χ3v) is 3.43. The van der Waals surface area contributed by atoms with Gasteiger partial charge in [-0.2, -0.15) is 0 Å². The van der Waals surface area contributed by atoms with E-state index in [0.717, 1.165) is 18.9 Å². The summed E-state index contributed by atoms with van der Waals surface area (Å²) >= 11 is 0. The maximum absolute atomic E-state index is 13.3. The molecule has 1 amide bonds. The van der Waals surface area contributed by atoms with E-state index >= 15 is 0 Å². The number of nitrogens with one attached hydrogen (secondary N) is 1. The molecule has 1 aromatic carbocycles. The van der Waals surface area contributed by atoms with Crippen LogP contribution in [0, 0.1) is 17.0 Å². The monoisotopic (exact) mass is 254 g/mol. The number of nitrogens with two attached hydrogens (primary N) is 1. The van der Waals surface area contributed by atoms with Gasteiger partial charge in [-0.25, -0.2) is 8.78 Å². The molecule has 1 aliphatic carbocycles. The largest absolute Gasteiger partial charge is 0.355 e. The number of halogens is 2. The Balaban J connectivity index is 1.89. The molecule has 2 rings (SSSR count). The lowest BCUT2D eigenvalue weighted by molar-refractivity contribution is -0.120. The van der Waals surface area contributed by atoms with Crippen molar-refractivity contribution in [3.8, 4) is 0 Å². The summed E-state index contributed by atoms with van der Waals surface area (Å²) in [5.74, 6) is -2.19. The zero-order valence-electron chi connectivity index (χ0n) is 10.0. The Bertz CT molecular complexity index is 458. The van der Waals surface area contributed by atoms with Gasteiger partial charge in [-0.05, 0) is 30.9 Å². The second-order valence-electron chi connectivity index (χ2n) is 4.87. The molecule has 0 aliphatic heterocycles. The third-order valence-electron chi connectivity index (χ3n) is 3.43. The maximum Gasteiger partial charge on any atom is 0.224 e. The average molecular weight is 254 g/mol. The Labute approximate surface area is 104 Å². The van der Waals surface area contributed by atoms with E-state index in [2.05, 4.69) is 5.32 Å². The number of hydrogen-bond acceptors (Lipinski definition) is 2. The molecule has 3 N–H and O–H groups in total. The molecule has 1 aromatic rings. The maximum atomic E-state index is 13.3. The first kappa shape index (κ1) is 13.0. The highest BCUT2D eigenvalue weighted by Gasteiger charge is 2.41. The summed E-state index contributed by atoms with van der Waals surface area (Å²) in [5, 5.41) is 2.72. The van der Waals surface area contributed by atoms with Crippen molar-refractivity contribution in [1.82, 2.24) is 5.32 Å². The fourth-order valence-electron chi connectivity index (χ4n) is 1.84. The topological polar surface area (TPSA) is 55.1 Å². The molecule has 0 unspecified atom stereocenters. The third kappa shape index (κ3) is 2.85. The van der Waals surface area contributed by atoms with Crippen molar-refractivity contribution in [2.24, 2.45) is 11.1 Å². The van der Waals surface area contributed by atoms with Crippen LogP contribution in [0.2, 0.25) is 0 Å². The first-order valence-electron chi connectivity index (χ1n) is 5.96. The van der Waals surface area contributed by atoms with Crippen LogP contribution < -0.4 is 11.1 Å². The van der Waals surface area contributed by atoms with Crippen molar-refractivity contribution in [3.05, 3.63) is 35.4 Å². The van der Waals surface area contributed by atoms with Crippen molar-refractivity contribution in [2.75, 3.05) is 13.1 Å². The summed E-state index contributed by atoms with van der Waals surface area (Å²) in [6, 6.07) is 3.83. The van der Waals surface area contributed by atoms with Crippen LogP contribution in [0.15, 0.2) is 18.2 Å². The molecule has 5 heteroatoms. The molecule has 0 aromatic heterocycles. The molecule has 0 radical (unpaired) electrons. The Morgan fingerprint density at radius 1 is 1.39 bits per heavy atom. The van der Waals surface area contributed by atoms with Crippen molar-refractivity contribution in [1.29, 1.82) is 0 Å². The summed E-state index contributed by atoms with van der Waals surface area (Å²) in [4.78, 5) is 11.6. The van der Waals surface area contributed by atoms with Crippen molar-refractivity contribution < 1.29 is 13.6 Å². The second kappa shape index (κ2) is 5.02. The molecule has 1 aliphatic rings. The number of carbonyl (C=O) groups excluding carboxylic acids is 1. The van der Waals surface area contributed by atoms with E-state index in [4.69, 9.17) is 5.73 Å². The molecular formula is C13H16F2N2O. The molecular weight excluding hydrogens is 238 g/mol. The molecule has 0 atom stereocenters. The lowest BCUT2D eigenvalue weighted by atomic mass is 10.1. The first-order chi connectivity index (χ1) is 8.56. The van der Waals surface area contributed by atoms with Gasteiger partial charge in [0.1, 0.15) is 0 Å². The highest BCUT2D eigenvalue weighted by molar-refractivity contribution is 5.78. The fourth-order valence-corrected chi connectivity index (χ4v) is 1.84. The summed E-state index contributed by atoms with van der Waals surface area (Å²) in [6.45, 7) is 1.06.